The Morgan fingerprint density at radius 3 is 1.94 bits per heavy atom. The van der Waals surface area contributed by atoms with Gasteiger partial charge in [-0.2, -0.15) is 0 Å². The molecule has 0 aliphatic rings. The second-order valence-corrected chi connectivity index (χ2v) is 4.84. The van der Waals surface area contributed by atoms with Crippen LogP contribution in [-0.4, -0.2) is 10.2 Å². The van der Waals surface area contributed by atoms with Crippen molar-refractivity contribution in [3.05, 3.63) is 59.4 Å². The summed E-state index contributed by atoms with van der Waals surface area (Å²) in [5.74, 6) is -0.570. The molecular formula is C15H15FO2. The van der Waals surface area contributed by atoms with Gasteiger partial charge in [-0.15, -0.1) is 0 Å². The smallest absolute Gasteiger partial charge is 0.157 e. The van der Waals surface area contributed by atoms with Crippen LogP contribution in [-0.2, 0) is 5.41 Å². The minimum absolute atomic E-state index is 0.145. The summed E-state index contributed by atoms with van der Waals surface area (Å²) in [6.07, 6.45) is 0. The highest BCUT2D eigenvalue weighted by molar-refractivity contribution is 5.46. The van der Waals surface area contributed by atoms with Crippen LogP contribution in [0.2, 0.25) is 0 Å². The Bertz CT molecular complexity index is 559. The molecule has 94 valence electrons. The standard InChI is InChI=1S/C15H15FO2/c1-15(2,10-3-6-12(16)7-4-10)11-5-8-13(17)14(18)9-11/h3-9,17-18H,1-2H3. The summed E-state index contributed by atoms with van der Waals surface area (Å²) in [4.78, 5) is 0. The second-order valence-electron chi connectivity index (χ2n) is 4.84. The van der Waals surface area contributed by atoms with E-state index >= 15 is 0 Å². The number of phenolic OH excluding ortho intramolecular Hbond substituents is 2. The summed E-state index contributed by atoms with van der Waals surface area (Å²) in [5.41, 5.74) is 1.41. The Hall–Kier alpha value is -2.03. The minimum atomic E-state index is -0.376. The Labute approximate surface area is 105 Å². The van der Waals surface area contributed by atoms with Gasteiger partial charge >= 0.3 is 0 Å². The largest absolute Gasteiger partial charge is 0.504 e. The molecule has 0 atom stereocenters. The van der Waals surface area contributed by atoms with Crippen molar-refractivity contribution >= 4 is 0 Å². The SMILES string of the molecule is CC(C)(c1ccc(F)cc1)c1ccc(O)c(O)c1. The number of phenols is 2. The molecule has 18 heavy (non-hydrogen) atoms. The van der Waals surface area contributed by atoms with Gasteiger partial charge in [-0.25, -0.2) is 4.39 Å². The molecule has 3 heteroatoms. The van der Waals surface area contributed by atoms with Crippen LogP contribution in [0.15, 0.2) is 42.5 Å². The topological polar surface area (TPSA) is 40.5 Å². The quantitative estimate of drug-likeness (QED) is 0.795. The third-order valence-electron chi connectivity index (χ3n) is 3.26. The lowest BCUT2D eigenvalue weighted by Crippen LogP contribution is -2.18. The zero-order valence-electron chi connectivity index (χ0n) is 10.3. The molecule has 0 radical (unpaired) electrons. The van der Waals surface area contributed by atoms with Crippen LogP contribution < -0.4 is 0 Å². The predicted molar refractivity (Wildman–Crippen MR) is 68.3 cm³/mol. The van der Waals surface area contributed by atoms with Crippen molar-refractivity contribution in [2.45, 2.75) is 19.3 Å². The molecule has 0 aromatic heterocycles. The van der Waals surface area contributed by atoms with Gasteiger partial charge in [-0.05, 0) is 35.4 Å². The third kappa shape index (κ3) is 2.16. The molecule has 0 saturated heterocycles. The van der Waals surface area contributed by atoms with Crippen molar-refractivity contribution in [1.29, 1.82) is 0 Å². The van der Waals surface area contributed by atoms with E-state index < -0.39 is 0 Å². The Balaban J connectivity index is 2.46. The lowest BCUT2D eigenvalue weighted by atomic mass is 9.78. The van der Waals surface area contributed by atoms with Crippen molar-refractivity contribution in [1.82, 2.24) is 0 Å². The highest BCUT2D eigenvalue weighted by atomic mass is 19.1. The minimum Gasteiger partial charge on any atom is -0.504 e. The van der Waals surface area contributed by atoms with E-state index in [1.54, 1.807) is 18.2 Å². The van der Waals surface area contributed by atoms with Crippen molar-refractivity contribution in [2.75, 3.05) is 0 Å². The van der Waals surface area contributed by atoms with Gasteiger partial charge in [0.15, 0.2) is 11.5 Å². The number of benzene rings is 2. The fourth-order valence-electron chi connectivity index (χ4n) is 1.95. The van der Waals surface area contributed by atoms with E-state index in [1.807, 2.05) is 13.8 Å². The third-order valence-corrected chi connectivity index (χ3v) is 3.26. The van der Waals surface area contributed by atoms with E-state index in [0.29, 0.717) is 0 Å². The van der Waals surface area contributed by atoms with Crippen LogP contribution in [0.3, 0.4) is 0 Å². The molecule has 0 fully saturated rings. The summed E-state index contributed by atoms with van der Waals surface area (Å²) in [6.45, 7) is 3.96. The van der Waals surface area contributed by atoms with Crippen molar-refractivity contribution in [2.24, 2.45) is 0 Å². The molecule has 0 heterocycles. The van der Waals surface area contributed by atoms with Crippen LogP contribution in [0, 0.1) is 5.82 Å². The van der Waals surface area contributed by atoms with Gasteiger partial charge < -0.3 is 10.2 Å². The molecule has 2 nitrogen and oxygen atoms in total. The lowest BCUT2D eigenvalue weighted by molar-refractivity contribution is 0.402. The average molecular weight is 246 g/mol. The molecule has 2 N–H and O–H groups in total. The zero-order valence-corrected chi connectivity index (χ0v) is 10.3. The molecule has 0 amide bonds. The summed E-state index contributed by atoms with van der Waals surface area (Å²) in [5, 5.41) is 18.9. The van der Waals surface area contributed by atoms with Gasteiger partial charge in [-0.3, -0.25) is 0 Å². The van der Waals surface area contributed by atoms with Crippen LogP contribution in [0.25, 0.3) is 0 Å². The van der Waals surface area contributed by atoms with Crippen LogP contribution in [0.5, 0.6) is 11.5 Å². The van der Waals surface area contributed by atoms with Crippen molar-refractivity contribution < 1.29 is 14.6 Å². The number of rotatable bonds is 2. The fourth-order valence-corrected chi connectivity index (χ4v) is 1.95. The zero-order chi connectivity index (χ0) is 13.3. The van der Waals surface area contributed by atoms with Gasteiger partial charge in [-0.1, -0.05) is 32.0 Å². The van der Waals surface area contributed by atoms with Gasteiger partial charge in [0.1, 0.15) is 5.82 Å². The Kier molecular flexibility index (Phi) is 2.99. The first kappa shape index (κ1) is 12.4. The van der Waals surface area contributed by atoms with E-state index in [9.17, 15) is 14.6 Å². The van der Waals surface area contributed by atoms with E-state index in [-0.39, 0.29) is 22.7 Å². The van der Waals surface area contributed by atoms with E-state index in [1.165, 1.54) is 24.3 Å². The summed E-state index contributed by atoms with van der Waals surface area (Å²) in [6, 6.07) is 11.0. The Morgan fingerprint density at radius 1 is 0.833 bits per heavy atom. The number of hydrogen-bond acceptors (Lipinski definition) is 2. The molecule has 0 bridgehead atoms. The predicted octanol–water partition coefficient (Wildman–Crippen LogP) is 3.56. The first-order valence-electron chi connectivity index (χ1n) is 5.70. The number of hydrogen-bond donors (Lipinski definition) is 2. The molecule has 0 unspecified atom stereocenters. The van der Waals surface area contributed by atoms with Gasteiger partial charge in [0.2, 0.25) is 0 Å². The summed E-state index contributed by atoms with van der Waals surface area (Å²) >= 11 is 0. The summed E-state index contributed by atoms with van der Waals surface area (Å²) < 4.78 is 12.9. The van der Waals surface area contributed by atoms with E-state index in [2.05, 4.69) is 0 Å². The molecular weight excluding hydrogens is 231 g/mol. The monoisotopic (exact) mass is 246 g/mol. The van der Waals surface area contributed by atoms with E-state index in [0.717, 1.165) is 11.1 Å². The molecule has 2 aromatic carbocycles. The van der Waals surface area contributed by atoms with Crippen molar-refractivity contribution in [3.8, 4) is 11.5 Å². The summed E-state index contributed by atoms with van der Waals surface area (Å²) in [7, 11) is 0. The maximum Gasteiger partial charge on any atom is 0.157 e. The highest BCUT2D eigenvalue weighted by Crippen LogP contribution is 2.35. The number of aromatic hydroxyl groups is 2. The molecule has 2 aromatic rings. The van der Waals surface area contributed by atoms with E-state index in [4.69, 9.17) is 0 Å². The molecule has 2 rings (SSSR count). The first-order valence-corrected chi connectivity index (χ1v) is 5.70. The van der Waals surface area contributed by atoms with Gasteiger partial charge in [0, 0.05) is 5.41 Å². The van der Waals surface area contributed by atoms with Crippen LogP contribution in [0.4, 0.5) is 4.39 Å². The second kappa shape index (κ2) is 4.33. The first-order chi connectivity index (χ1) is 8.41. The van der Waals surface area contributed by atoms with Crippen LogP contribution in [0.1, 0.15) is 25.0 Å². The van der Waals surface area contributed by atoms with Gasteiger partial charge in [0.25, 0.3) is 0 Å². The maximum atomic E-state index is 12.9. The molecule has 0 aliphatic heterocycles. The lowest BCUT2D eigenvalue weighted by Gasteiger charge is -2.26. The maximum absolute atomic E-state index is 12.9. The molecule has 0 spiro atoms. The van der Waals surface area contributed by atoms with Gasteiger partial charge in [0.05, 0.1) is 0 Å². The van der Waals surface area contributed by atoms with Crippen LogP contribution >= 0.6 is 0 Å². The Morgan fingerprint density at radius 2 is 1.39 bits per heavy atom. The average Bonchev–Trinajstić information content (AvgIpc) is 2.33. The highest BCUT2D eigenvalue weighted by Gasteiger charge is 2.24. The normalized spacial score (nSPS) is 11.5. The molecule has 0 saturated carbocycles. The fraction of sp³-hybridized carbons (Fsp3) is 0.200. The number of halogens is 1. The molecule has 0 aliphatic carbocycles. The van der Waals surface area contributed by atoms with Crippen molar-refractivity contribution in [3.63, 3.8) is 0 Å².